The van der Waals surface area contributed by atoms with Gasteiger partial charge in [-0.1, -0.05) is 63.2 Å². The third-order valence-electron chi connectivity index (χ3n) is 7.47. The Morgan fingerprint density at radius 1 is 0.969 bits per heavy atom. The Morgan fingerprint density at radius 3 is 2.19 bits per heavy atom. The predicted molar refractivity (Wildman–Crippen MR) is 131 cm³/mol. The Kier molecular flexibility index (Phi) is 6.90. The molecular weight excluding hydrogens is 423 g/mol. The Morgan fingerprint density at radius 2 is 1.62 bits per heavy atom. The second kappa shape index (κ2) is 9.01. The maximum Gasteiger partial charge on any atom is 0.393 e. The molecule has 0 bridgehead atoms. The maximum atomic E-state index is 13.1. The van der Waals surface area contributed by atoms with E-state index in [1.807, 2.05) is 31.7 Å². The standard InChI is InChI=1S/C27H35F3NSi/c1-8-32(9-2,18(3)4)23-10-11-24-22(16-23)12-13-31(7)26(24)25-15-21(17-27(28,29)30)14-19(5)20(25)6/h10-16,18H,8-9,17H2,1-7H3/q+1. The summed E-state index contributed by atoms with van der Waals surface area (Å²) in [5.74, 6) is 0. The average molecular weight is 459 g/mol. The van der Waals surface area contributed by atoms with Gasteiger partial charge < -0.3 is 0 Å². The molecule has 0 radical (unpaired) electrons. The van der Waals surface area contributed by atoms with Crippen LogP contribution in [0.5, 0.6) is 0 Å². The molecule has 1 nitrogen and oxygen atoms in total. The van der Waals surface area contributed by atoms with Crippen LogP contribution in [0.2, 0.25) is 17.6 Å². The molecule has 0 aliphatic rings. The van der Waals surface area contributed by atoms with Crippen molar-refractivity contribution in [2.24, 2.45) is 7.05 Å². The molecule has 32 heavy (non-hydrogen) atoms. The Balaban J connectivity index is 2.26. The van der Waals surface area contributed by atoms with E-state index in [-0.39, 0.29) is 0 Å². The van der Waals surface area contributed by atoms with Crippen LogP contribution < -0.4 is 9.75 Å². The molecule has 0 spiro atoms. The molecule has 1 heterocycles. The number of rotatable bonds is 6. The number of halogens is 3. The van der Waals surface area contributed by atoms with E-state index in [4.69, 9.17) is 0 Å². The van der Waals surface area contributed by atoms with Gasteiger partial charge in [-0.2, -0.15) is 13.2 Å². The lowest BCUT2D eigenvalue weighted by Crippen LogP contribution is -2.49. The molecule has 1 aromatic heterocycles. The molecule has 172 valence electrons. The molecule has 5 heteroatoms. The van der Waals surface area contributed by atoms with Crippen molar-refractivity contribution in [3.63, 3.8) is 0 Å². The smallest absolute Gasteiger partial charge is 0.200 e. The molecule has 0 unspecified atom stereocenters. The molecule has 3 aromatic rings. The van der Waals surface area contributed by atoms with Crippen molar-refractivity contribution in [2.75, 3.05) is 0 Å². The molecule has 0 aliphatic carbocycles. The molecule has 0 saturated heterocycles. The van der Waals surface area contributed by atoms with Crippen LogP contribution >= 0.6 is 0 Å². The highest BCUT2D eigenvalue weighted by Crippen LogP contribution is 2.34. The minimum Gasteiger partial charge on any atom is -0.200 e. The van der Waals surface area contributed by atoms with Crippen LogP contribution in [0.3, 0.4) is 0 Å². The molecule has 0 fully saturated rings. The molecule has 0 aliphatic heterocycles. The summed E-state index contributed by atoms with van der Waals surface area (Å²) in [5, 5.41) is 3.72. The van der Waals surface area contributed by atoms with E-state index in [0.29, 0.717) is 11.1 Å². The summed E-state index contributed by atoms with van der Waals surface area (Å²) in [5.41, 5.74) is 4.73. The van der Waals surface area contributed by atoms with Crippen LogP contribution in [0, 0.1) is 13.8 Å². The highest BCUT2D eigenvalue weighted by Gasteiger charge is 2.35. The second-order valence-corrected chi connectivity index (χ2v) is 14.9. The lowest BCUT2D eigenvalue weighted by Gasteiger charge is -2.34. The summed E-state index contributed by atoms with van der Waals surface area (Å²) in [6, 6.07) is 14.8. The molecule has 3 rings (SSSR count). The fourth-order valence-electron chi connectivity index (χ4n) is 5.34. The van der Waals surface area contributed by atoms with Gasteiger partial charge in [-0.15, -0.1) is 0 Å². The van der Waals surface area contributed by atoms with Gasteiger partial charge in [0.2, 0.25) is 5.69 Å². The number of pyridine rings is 1. The van der Waals surface area contributed by atoms with E-state index >= 15 is 0 Å². The van der Waals surface area contributed by atoms with Crippen molar-refractivity contribution < 1.29 is 17.7 Å². The summed E-state index contributed by atoms with van der Waals surface area (Å²) < 4.78 is 41.4. The zero-order valence-electron chi connectivity index (χ0n) is 20.3. The SMILES string of the molecule is CC[Si](CC)(c1ccc2c(-c3cc(CC(F)(F)F)cc(C)c3C)[n+](C)ccc2c1)C(C)C. The molecular formula is C27H35F3NSi+. The molecule has 2 aromatic carbocycles. The molecule has 0 saturated carbocycles. The number of aryl methyl sites for hydroxylation is 2. The number of aromatic nitrogens is 1. The van der Waals surface area contributed by atoms with Crippen LogP contribution in [0.4, 0.5) is 13.2 Å². The van der Waals surface area contributed by atoms with Crippen molar-refractivity contribution in [3.8, 4) is 11.3 Å². The van der Waals surface area contributed by atoms with Gasteiger partial charge in [0, 0.05) is 6.07 Å². The van der Waals surface area contributed by atoms with Gasteiger partial charge in [-0.3, -0.25) is 0 Å². The largest absolute Gasteiger partial charge is 0.393 e. The van der Waals surface area contributed by atoms with Crippen molar-refractivity contribution in [1.29, 1.82) is 0 Å². The van der Waals surface area contributed by atoms with Gasteiger partial charge in [0.25, 0.3) is 0 Å². The van der Waals surface area contributed by atoms with Crippen LogP contribution in [0.1, 0.15) is 44.4 Å². The average Bonchev–Trinajstić information content (AvgIpc) is 2.71. The van der Waals surface area contributed by atoms with Crippen LogP contribution in [-0.4, -0.2) is 14.3 Å². The molecule has 0 N–H and O–H groups in total. The molecule has 0 atom stereocenters. The van der Waals surface area contributed by atoms with Crippen LogP contribution in [-0.2, 0) is 13.5 Å². The maximum absolute atomic E-state index is 13.1. The number of benzene rings is 2. The fraction of sp³-hybridized carbons (Fsp3) is 0.444. The second-order valence-electron chi connectivity index (χ2n) is 9.47. The first-order chi connectivity index (χ1) is 14.9. The first-order valence-electron chi connectivity index (χ1n) is 11.5. The first kappa shape index (κ1) is 24.5. The summed E-state index contributed by atoms with van der Waals surface area (Å²) in [4.78, 5) is 0. The number of alkyl halides is 3. The van der Waals surface area contributed by atoms with E-state index < -0.39 is 20.7 Å². The van der Waals surface area contributed by atoms with E-state index in [2.05, 4.69) is 52.0 Å². The minimum atomic E-state index is -4.22. The number of fused-ring (bicyclic) bond motifs is 1. The lowest BCUT2D eigenvalue weighted by molar-refractivity contribution is -0.659. The summed E-state index contributed by atoms with van der Waals surface area (Å²) in [6.45, 7) is 13.2. The monoisotopic (exact) mass is 458 g/mol. The lowest BCUT2D eigenvalue weighted by atomic mass is 9.93. The Hall–Kier alpha value is -2.14. The number of nitrogens with zero attached hydrogens (tertiary/aromatic N) is 1. The van der Waals surface area contributed by atoms with Gasteiger partial charge in [0.1, 0.15) is 7.05 Å². The van der Waals surface area contributed by atoms with Crippen molar-refractivity contribution in [2.45, 2.75) is 71.8 Å². The number of hydrogen-bond acceptors (Lipinski definition) is 0. The van der Waals surface area contributed by atoms with Crippen LogP contribution in [0.25, 0.3) is 22.0 Å². The van der Waals surface area contributed by atoms with E-state index in [9.17, 15) is 13.2 Å². The van der Waals surface area contributed by atoms with Gasteiger partial charge in [0.15, 0.2) is 6.20 Å². The normalized spacial score (nSPS) is 12.7. The fourth-order valence-corrected chi connectivity index (χ4v) is 9.81. The predicted octanol–water partition coefficient (Wildman–Crippen LogP) is 7.16. The van der Waals surface area contributed by atoms with Crippen molar-refractivity contribution in [1.82, 2.24) is 0 Å². The van der Waals surface area contributed by atoms with Crippen molar-refractivity contribution in [3.05, 3.63) is 59.3 Å². The highest BCUT2D eigenvalue weighted by molar-refractivity contribution is 6.92. The topological polar surface area (TPSA) is 3.88 Å². The third-order valence-corrected chi connectivity index (χ3v) is 13.7. The summed E-state index contributed by atoms with van der Waals surface area (Å²) in [7, 11) is 0.360. The van der Waals surface area contributed by atoms with E-state index in [1.54, 1.807) is 12.1 Å². The van der Waals surface area contributed by atoms with Crippen LogP contribution in [0.15, 0.2) is 42.6 Å². The van der Waals surface area contributed by atoms with Gasteiger partial charge in [-0.25, -0.2) is 4.57 Å². The van der Waals surface area contributed by atoms with E-state index in [1.165, 1.54) is 17.3 Å². The Bertz CT molecular complexity index is 1130. The van der Waals surface area contributed by atoms with Gasteiger partial charge in [0.05, 0.1) is 25.4 Å². The third kappa shape index (κ3) is 4.50. The van der Waals surface area contributed by atoms with Crippen molar-refractivity contribution >= 4 is 24.0 Å². The molecule has 0 amide bonds. The first-order valence-corrected chi connectivity index (χ1v) is 14.0. The number of hydrogen-bond donors (Lipinski definition) is 0. The van der Waals surface area contributed by atoms with E-state index in [0.717, 1.165) is 33.2 Å². The summed E-state index contributed by atoms with van der Waals surface area (Å²) in [6.07, 6.45) is -3.10. The highest BCUT2D eigenvalue weighted by atomic mass is 28.3. The minimum absolute atomic E-state index is 0.312. The van der Waals surface area contributed by atoms with Gasteiger partial charge in [-0.05, 0) is 53.6 Å². The quantitative estimate of drug-likeness (QED) is 0.273. The zero-order valence-corrected chi connectivity index (χ0v) is 21.3. The Labute approximate surface area is 191 Å². The zero-order chi connectivity index (χ0) is 23.8. The van der Waals surface area contributed by atoms with Gasteiger partial charge >= 0.3 is 6.18 Å². The summed E-state index contributed by atoms with van der Waals surface area (Å²) >= 11 is 0.